The first-order valence-corrected chi connectivity index (χ1v) is 8.65. The zero-order chi connectivity index (χ0) is 13.1. The van der Waals surface area contributed by atoms with Crippen molar-refractivity contribution in [3.05, 3.63) is 23.3 Å². The number of allylic oxidation sites excluding steroid dienone is 4. The molecule has 0 aromatic rings. The highest BCUT2D eigenvalue weighted by atomic mass is 16.5. The molecule has 1 N–H and O–H groups in total. The van der Waals surface area contributed by atoms with Crippen molar-refractivity contribution in [3.63, 3.8) is 0 Å². The molecule has 0 aromatic carbocycles. The van der Waals surface area contributed by atoms with Crippen LogP contribution >= 0.6 is 0 Å². The Morgan fingerprint density at radius 2 is 2.00 bits per heavy atom. The molecule has 0 aromatic heterocycles. The molecule has 2 heteroatoms. The molecule has 6 unspecified atom stereocenters. The molecule has 2 nitrogen and oxygen atoms in total. The van der Waals surface area contributed by atoms with E-state index in [-0.39, 0.29) is 0 Å². The molecule has 1 saturated heterocycles. The van der Waals surface area contributed by atoms with E-state index in [1.807, 2.05) is 5.57 Å². The Hall–Kier alpha value is -0.600. The second-order valence-corrected chi connectivity index (χ2v) is 7.59. The summed E-state index contributed by atoms with van der Waals surface area (Å²) in [5.74, 6) is 3.57. The average molecular weight is 271 g/mol. The molecule has 5 rings (SSSR count). The largest absolute Gasteiger partial charge is 0.361 e. The fourth-order valence-electron chi connectivity index (χ4n) is 5.92. The number of hydrogen-bond donors (Lipinski definition) is 1. The van der Waals surface area contributed by atoms with Crippen LogP contribution in [0.4, 0.5) is 0 Å². The van der Waals surface area contributed by atoms with Crippen LogP contribution < -0.4 is 5.32 Å². The Morgan fingerprint density at radius 3 is 3.00 bits per heavy atom. The van der Waals surface area contributed by atoms with Gasteiger partial charge < -0.3 is 4.74 Å². The van der Waals surface area contributed by atoms with Crippen LogP contribution in [-0.2, 0) is 4.74 Å². The minimum atomic E-state index is 0.509. The van der Waals surface area contributed by atoms with Crippen LogP contribution in [0.5, 0.6) is 0 Å². The minimum absolute atomic E-state index is 0.509. The summed E-state index contributed by atoms with van der Waals surface area (Å²) < 4.78 is 5.87. The number of nitrogens with one attached hydrogen (secondary N) is 1. The van der Waals surface area contributed by atoms with Crippen LogP contribution in [0.2, 0.25) is 0 Å². The van der Waals surface area contributed by atoms with Crippen LogP contribution in [0.25, 0.3) is 0 Å². The maximum Gasteiger partial charge on any atom is 0.0972 e. The summed E-state index contributed by atoms with van der Waals surface area (Å²) in [6.45, 7) is 0.782. The lowest BCUT2D eigenvalue weighted by atomic mass is 9.59. The van der Waals surface area contributed by atoms with Gasteiger partial charge in [0.2, 0.25) is 0 Å². The lowest BCUT2D eigenvalue weighted by Crippen LogP contribution is -2.45. The van der Waals surface area contributed by atoms with Crippen molar-refractivity contribution in [1.29, 1.82) is 0 Å². The van der Waals surface area contributed by atoms with Crippen molar-refractivity contribution in [2.24, 2.45) is 23.7 Å². The topological polar surface area (TPSA) is 21.3 Å². The number of hydrogen-bond acceptors (Lipinski definition) is 2. The smallest absolute Gasteiger partial charge is 0.0972 e. The van der Waals surface area contributed by atoms with Gasteiger partial charge in [0.05, 0.1) is 12.8 Å². The molecule has 0 amide bonds. The van der Waals surface area contributed by atoms with Crippen molar-refractivity contribution in [3.8, 4) is 0 Å². The molecule has 4 fully saturated rings. The zero-order valence-electron chi connectivity index (χ0n) is 12.2. The highest BCUT2D eigenvalue weighted by Crippen LogP contribution is 2.54. The molecule has 1 heterocycles. The third-order valence-electron chi connectivity index (χ3n) is 6.84. The molecule has 0 radical (unpaired) electrons. The first-order chi connectivity index (χ1) is 9.90. The first kappa shape index (κ1) is 12.0. The van der Waals surface area contributed by atoms with E-state index in [1.54, 1.807) is 5.57 Å². The Kier molecular flexibility index (Phi) is 2.67. The van der Waals surface area contributed by atoms with E-state index in [0.717, 1.165) is 30.4 Å². The summed E-state index contributed by atoms with van der Waals surface area (Å²) in [6, 6.07) is 0.629. The lowest BCUT2D eigenvalue weighted by Gasteiger charge is -2.47. The van der Waals surface area contributed by atoms with E-state index in [1.165, 1.54) is 44.9 Å². The van der Waals surface area contributed by atoms with Gasteiger partial charge in [-0.05, 0) is 68.6 Å². The van der Waals surface area contributed by atoms with Crippen molar-refractivity contribution in [2.75, 3.05) is 6.73 Å². The van der Waals surface area contributed by atoms with Gasteiger partial charge in [0, 0.05) is 6.04 Å². The molecule has 4 aliphatic carbocycles. The van der Waals surface area contributed by atoms with Gasteiger partial charge in [0.15, 0.2) is 0 Å². The monoisotopic (exact) mass is 271 g/mol. The van der Waals surface area contributed by atoms with Crippen LogP contribution in [0.3, 0.4) is 0 Å². The fraction of sp³-hybridized carbons (Fsp3) is 0.778. The van der Waals surface area contributed by atoms with Gasteiger partial charge in [0.25, 0.3) is 0 Å². The molecule has 108 valence electrons. The Labute approximate surface area is 121 Å². The summed E-state index contributed by atoms with van der Waals surface area (Å²) in [5, 5.41) is 3.57. The number of rotatable bonds is 0. The molecule has 3 saturated carbocycles. The SMILES string of the molecule is C1=C2CCCC2C2CCC3CC4OCNC4CC3C2=C1. The van der Waals surface area contributed by atoms with Crippen molar-refractivity contribution < 1.29 is 4.74 Å². The first-order valence-electron chi connectivity index (χ1n) is 8.65. The van der Waals surface area contributed by atoms with Gasteiger partial charge in [-0.1, -0.05) is 23.3 Å². The Morgan fingerprint density at radius 1 is 1.00 bits per heavy atom. The molecule has 0 spiro atoms. The third-order valence-corrected chi connectivity index (χ3v) is 6.84. The van der Waals surface area contributed by atoms with E-state index in [9.17, 15) is 0 Å². The Balaban J connectivity index is 1.46. The van der Waals surface area contributed by atoms with Crippen LogP contribution in [0.15, 0.2) is 23.3 Å². The summed E-state index contributed by atoms with van der Waals surface area (Å²) in [7, 11) is 0. The van der Waals surface area contributed by atoms with Gasteiger partial charge in [-0.15, -0.1) is 0 Å². The van der Waals surface area contributed by atoms with E-state index >= 15 is 0 Å². The van der Waals surface area contributed by atoms with E-state index in [4.69, 9.17) is 4.74 Å². The van der Waals surface area contributed by atoms with Gasteiger partial charge in [-0.3, -0.25) is 5.32 Å². The highest BCUT2D eigenvalue weighted by molar-refractivity contribution is 5.34. The number of fused-ring (bicyclic) bond motifs is 6. The standard InChI is InChI=1S/C18H25NO/c1-2-11-4-6-15-14(13(11)3-1)7-5-12-8-18-17(9-16(12)15)19-10-20-18/h4,6,12-14,16-19H,1-3,5,7-10H2. The molecule has 1 aliphatic heterocycles. The quantitative estimate of drug-likeness (QED) is 0.729. The highest BCUT2D eigenvalue weighted by Gasteiger charge is 2.47. The third kappa shape index (κ3) is 1.64. The normalized spacial score (nSPS) is 49.6. The fourth-order valence-corrected chi connectivity index (χ4v) is 5.92. The van der Waals surface area contributed by atoms with Gasteiger partial charge in [-0.2, -0.15) is 0 Å². The van der Waals surface area contributed by atoms with Crippen molar-refractivity contribution in [2.45, 2.75) is 57.1 Å². The molecule has 20 heavy (non-hydrogen) atoms. The van der Waals surface area contributed by atoms with E-state index in [2.05, 4.69) is 17.5 Å². The number of ether oxygens (including phenoxy) is 1. The molecular formula is C18H25NO. The zero-order valence-corrected chi connectivity index (χ0v) is 12.2. The van der Waals surface area contributed by atoms with E-state index in [0.29, 0.717) is 12.1 Å². The Bertz CT molecular complexity index is 480. The minimum Gasteiger partial charge on any atom is -0.361 e. The van der Waals surface area contributed by atoms with Crippen LogP contribution in [0.1, 0.15) is 44.9 Å². The summed E-state index contributed by atoms with van der Waals surface area (Å²) in [6.07, 6.45) is 15.3. The second kappa shape index (κ2) is 4.45. The lowest BCUT2D eigenvalue weighted by molar-refractivity contribution is 0.0338. The molecule has 5 aliphatic rings. The van der Waals surface area contributed by atoms with Crippen LogP contribution in [-0.4, -0.2) is 18.9 Å². The second-order valence-electron chi connectivity index (χ2n) is 7.59. The maximum atomic E-state index is 5.87. The summed E-state index contributed by atoms with van der Waals surface area (Å²) in [5.41, 5.74) is 3.59. The van der Waals surface area contributed by atoms with Crippen LogP contribution in [0, 0.1) is 23.7 Å². The van der Waals surface area contributed by atoms with Gasteiger partial charge in [-0.25, -0.2) is 0 Å². The molecule has 0 bridgehead atoms. The summed E-state index contributed by atoms with van der Waals surface area (Å²) in [4.78, 5) is 0. The maximum absolute atomic E-state index is 5.87. The van der Waals surface area contributed by atoms with Crippen molar-refractivity contribution in [1.82, 2.24) is 5.32 Å². The predicted molar refractivity (Wildman–Crippen MR) is 79.1 cm³/mol. The average Bonchev–Trinajstić information content (AvgIpc) is 3.12. The van der Waals surface area contributed by atoms with E-state index < -0.39 is 0 Å². The summed E-state index contributed by atoms with van der Waals surface area (Å²) >= 11 is 0. The van der Waals surface area contributed by atoms with Gasteiger partial charge in [0.1, 0.15) is 0 Å². The van der Waals surface area contributed by atoms with Gasteiger partial charge >= 0.3 is 0 Å². The predicted octanol–water partition coefficient (Wildman–Crippen LogP) is 3.40. The molecular weight excluding hydrogens is 246 g/mol. The van der Waals surface area contributed by atoms with Crippen molar-refractivity contribution >= 4 is 0 Å². The molecule has 6 atom stereocenters.